The lowest BCUT2D eigenvalue weighted by Gasteiger charge is -2.28. The summed E-state index contributed by atoms with van der Waals surface area (Å²) in [5, 5.41) is 2.02. The van der Waals surface area contributed by atoms with Crippen molar-refractivity contribution in [2.75, 3.05) is 7.11 Å². The molecule has 0 amide bonds. The van der Waals surface area contributed by atoms with Gasteiger partial charge in [0.25, 0.3) is 0 Å². The Morgan fingerprint density at radius 1 is 1.50 bits per heavy atom. The van der Waals surface area contributed by atoms with Gasteiger partial charge in [0.2, 0.25) is 0 Å². The number of methoxy groups -OCH3 is 1. The molecular weight excluding hydrogens is 312 g/mol. The Bertz CT molecular complexity index is 396. The molecule has 2 nitrogen and oxygen atoms in total. The molecule has 2 rings (SSSR count). The monoisotopic (exact) mass is 330 g/mol. The van der Waals surface area contributed by atoms with Gasteiger partial charge in [0.05, 0.1) is 0 Å². The van der Waals surface area contributed by atoms with Crippen molar-refractivity contribution in [1.29, 1.82) is 0 Å². The highest BCUT2D eigenvalue weighted by atomic mass is 79.9. The fraction of sp³-hybridized carbons (Fsp3) is 0.643. The van der Waals surface area contributed by atoms with Gasteiger partial charge in [-0.25, -0.2) is 0 Å². The smallest absolute Gasteiger partial charge is 0.166 e. The lowest BCUT2D eigenvalue weighted by Crippen LogP contribution is -2.34. The van der Waals surface area contributed by atoms with Crippen molar-refractivity contribution < 1.29 is 9.53 Å². The van der Waals surface area contributed by atoms with Crippen molar-refractivity contribution in [3.8, 4) is 0 Å². The molecule has 1 aromatic heterocycles. The first kappa shape index (κ1) is 14.2. The fourth-order valence-corrected chi connectivity index (χ4v) is 4.20. The third-order valence-electron chi connectivity index (χ3n) is 3.62. The molecule has 1 unspecified atom stereocenters. The number of carbonyl (C=O) groups excluding carboxylic acids is 1. The van der Waals surface area contributed by atoms with E-state index in [4.69, 9.17) is 4.74 Å². The largest absolute Gasteiger partial charge is 0.373 e. The van der Waals surface area contributed by atoms with E-state index in [9.17, 15) is 4.79 Å². The number of ether oxygens (including phenoxy) is 1. The molecule has 0 spiro atoms. The zero-order valence-electron chi connectivity index (χ0n) is 10.7. The van der Waals surface area contributed by atoms with Crippen LogP contribution in [0.25, 0.3) is 0 Å². The maximum absolute atomic E-state index is 12.3. The lowest BCUT2D eigenvalue weighted by molar-refractivity contribution is -0.132. The average molecular weight is 331 g/mol. The van der Waals surface area contributed by atoms with Gasteiger partial charge in [-0.2, -0.15) is 0 Å². The number of rotatable bonds is 5. The summed E-state index contributed by atoms with van der Waals surface area (Å²) in [6.45, 7) is 0. The van der Waals surface area contributed by atoms with E-state index in [1.54, 1.807) is 18.4 Å². The molecule has 1 heterocycles. The first-order chi connectivity index (χ1) is 8.70. The van der Waals surface area contributed by atoms with Gasteiger partial charge in [0.1, 0.15) is 6.10 Å². The lowest BCUT2D eigenvalue weighted by atomic mass is 9.83. The molecule has 100 valence electrons. The zero-order valence-corrected chi connectivity index (χ0v) is 13.1. The van der Waals surface area contributed by atoms with Gasteiger partial charge in [-0.1, -0.05) is 19.3 Å². The molecule has 1 atom stereocenters. The minimum atomic E-state index is -0.203. The highest BCUT2D eigenvalue weighted by molar-refractivity contribution is 9.10. The number of ketones is 1. The van der Waals surface area contributed by atoms with E-state index in [1.165, 1.54) is 19.3 Å². The molecule has 18 heavy (non-hydrogen) atoms. The second kappa shape index (κ2) is 6.83. The van der Waals surface area contributed by atoms with Crippen LogP contribution in [0, 0.1) is 5.92 Å². The van der Waals surface area contributed by atoms with Crippen LogP contribution >= 0.6 is 27.3 Å². The minimum absolute atomic E-state index is 0.203. The normalized spacial score (nSPS) is 18.8. The van der Waals surface area contributed by atoms with Gasteiger partial charge in [-0.3, -0.25) is 4.79 Å². The number of Topliss-reactive ketones (excluding diaryl/α,β-unsaturated/α-hetero) is 1. The summed E-state index contributed by atoms with van der Waals surface area (Å²) in [7, 11) is 1.67. The van der Waals surface area contributed by atoms with Gasteiger partial charge < -0.3 is 4.74 Å². The summed E-state index contributed by atoms with van der Waals surface area (Å²) in [6.07, 6.45) is 6.36. The molecule has 1 aromatic rings. The van der Waals surface area contributed by atoms with Crippen molar-refractivity contribution in [2.24, 2.45) is 5.92 Å². The first-order valence-electron chi connectivity index (χ1n) is 6.49. The van der Waals surface area contributed by atoms with Crippen LogP contribution in [-0.4, -0.2) is 19.0 Å². The second-order valence-electron chi connectivity index (χ2n) is 4.93. The Morgan fingerprint density at radius 3 is 2.78 bits per heavy atom. The van der Waals surface area contributed by atoms with Gasteiger partial charge in [0, 0.05) is 28.3 Å². The molecule has 4 heteroatoms. The first-order valence-corrected chi connectivity index (χ1v) is 8.16. The number of hydrogen-bond donors (Lipinski definition) is 0. The van der Waals surface area contributed by atoms with E-state index < -0.39 is 0 Å². The Balaban J connectivity index is 1.96. The van der Waals surface area contributed by atoms with Crippen LogP contribution < -0.4 is 0 Å². The number of thiophene rings is 1. The van der Waals surface area contributed by atoms with Crippen LogP contribution in [-0.2, 0) is 16.0 Å². The van der Waals surface area contributed by atoms with E-state index >= 15 is 0 Å². The van der Waals surface area contributed by atoms with Crippen molar-refractivity contribution >= 4 is 33.0 Å². The summed E-state index contributed by atoms with van der Waals surface area (Å²) in [6, 6.07) is 2.02. The van der Waals surface area contributed by atoms with Crippen LogP contribution in [0.5, 0.6) is 0 Å². The van der Waals surface area contributed by atoms with Crippen LogP contribution in [0.3, 0.4) is 0 Å². The quantitative estimate of drug-likeness (QED) is 0.808. The molecular formula is C14H19BrO2S. The number of hydrogen-bond acceptors (Lipinski definition) is 3. The highest BCUT2D eigenvalue weighted by Gasteiger charge is 2.29. The van der Waals surface area contributed by atoms with Crippen molar-refractivity contribution in [2.45, 2.75) is 44.6 Å². The predicted molar refractivity (Wildman–Crippen MR) is 78.1 cm³/mol. The summed E-state index contributed by atoms with van der Waals surface area (Å²) in [5.41, 5.74) is 0. The van der Waals surface area contributed by atoms with Crippen LogP contribution in [0.2, 0.25) is 0 Å². The minimum Gasteiger partial charge on any atom is -0.373 e. The van der Waals surface area contributed by atoms with E-state index in [2.05, 4.69) is 15.9 Å². The van der Waals surface area contributed by atoms with E-state index in [1.807, 2.05) is 11.4 Å². The van der Waals surface area contributed by atoms with Crippen LogP contribution in [0.1, 0.15) is 37.0 Å². The van der Waals surface area contributed by atoms with E-state index in [-0.39, 0.29) is 11.9 Å². The fourth-order valence-electron chi connectivity index (χ4n) is 2.74. The van der Waals surface area contributed by atoms with Gasteiger partial charge >= 0.3 is 0 Å². The van der Waals surface area contributed by atoms with Crippen LogP contribution in [0.4, 0.5) is 0 Å². The average Bonchev–Trinajstić information content (AvgIpc) is 2.77. The SMILES string of the molecule is COC(C(=O)Cc1cc(Br)cs1)C1CCCCC1. The number of halogens is 1. The van der Waals surface area contributed by atoms with Crippen LogP contribution in [0.15, 0.2) is 15.9 Å². The molecule has 0 aromatic carbocycles. The summed E-state index contributed by atoms with van der Waals surface area (Å²) in [4.78, 5) is 13.4. The molecule has 0 radical (unpaired) electrons. The zero-order chi connectivity index (χ0) is 13.0. The predicted octanol–water partition coefficient (Wildman–Crippen LogP) is 4.22. The van der Waals surface area contributed by atoms with Gasteiger partial charge in [0.15, 0.2) is 5.78 Å². The second-order valence-corrected chi connectivity index (χ2v) is 6.84. The maximum Gasteiger partial charge on any atom is 0.166 e. The molecule has 0 bridgehead atoms. The molecule has 1 fully saturated rings. The van der Waals surface area contributed by atoms with Gasteiger partial charge in [-0.05, 0) is 40.8 Å². The molecule has 1 saturated carbocycles. The van der Waals surface area contributed by atoms with E-state index in [0.29, 0.717) is 12.3 Å². The molecule has 0 saturated heterocycles. The molecule has 0 aliphatic heterocycles. The Hall–Kier alpha value is -0.190. The third kappa shape index (κ3) is 3.65. The standard InChI is InChI=1S/C14H19BrO2S/c1-17-14(10-5-3-2-4-6-10)13(16)8-12-7-11(15)9-18-12/h7,9-10,14H,2-6,8H2,1H3. The molecule has 1 aliphatic carbocycles. The summed E-state index contributed by atoms with van der Waals surface area (Å²) >= 11 is 5.05. The van der Waals surface area contributed by atoms with Crippen molar-refractivity contribution in [3.05, 3.63) is 20.8 Å². The number of carbonyl (C=O) groups is 1. The van der Waals surface area contributed by atoms with Gasteiger partial charge in [-0.15, -0.1) is 11.3 Å². The molecule has 1 aliphatic rings. The Morgan fingerprint density at radius 2 is 2.22 bits per heavy atom. The van der Waals surface area contributed by atoms with E-state index in [0.717, 1.165) is 22.2 Å². The highest BCUT2D eigenvalue weighted by Crippen LogP contribution is 2.29. The summed E-state index contributed by atoms with van der Waals surface area (Å²) < 4.78 is 6.53. The summed E-state index contributed by atoms with van der Waals surface area (Å²) in [5.74, 6) is 0.665. The topological polar surface area (TPSA) is 26.3 Å². The maximum atomic E-state index is 12.3. The van der Waals surface area contributed by atoms with Crippen molar-refractivity contribution in [1.82, 2.24) is 0 Å². The Kier molecular flexibility index (Phi) is 5.39. The Labute approximate surface area is 121 Å². The molecule has 0 N–H and O–H groups in total. The van der Waals surface area contributed by atoms with Crippen molar-refractivity contribution in [3.63, 3.8) is 0 Å². The third-order valence-corrected chi connectivity index (χ3v) is 5.32.